The lowest BCUT2D eigenvalue weighted by Gasteiger charge is -2.34. The highest BCUT2D eigenvalue weighted by Crippen LogP contribution is 2.29. The van der Waals surface area contributed by atoms with Crippen molar-refractivity contribution >= 4 is 23.5 Å². The summed E-state index contributed by atoms with van der Waals surface area (Å²) in [4.78, 5) is 30.2. The van der Waals surface area contributed by atoms with Crippen LogP contribution in [0.15, 0.2) is 24.3 Å². The third kappa shape index (κ3) is 4.28. The zero-order valence-corrected chi connectivity index (χ0v) is 18.2. The van der Waals surface area contributed by atoms with Gasteiger partial charge in [0.05, 0.1) is 13.0 Å². The van der Waals surface area contributed by atoms with Crippen molar-refractivity contribution in [1.29, 1.82) is 0 Å². The predicted octanol–water partition coefficient (Wildman–Crippen LogP) is 2.38. The average molecular weight is 431 g/mol. The van der Waals surface area contributed by atoms with Crippen LogP contribution in [0.5, 0.6) is 0 Å². The van der Waals surface area contributed by atoms with E-state index in [0.29, 0.717) is 37.0 Å². The number of piperidine rings is 1. The second-order valence-electron chi connectivity index (χ2n) is 8.19. The first-order valence-corrected chi connectivity index (χ1v) is 10.7. The SMILES string of the molecule is CN(C)C(=O)N1CCC(c2nnc3n2CCN(C(=O)Cc2cccc(Cl)c2)C3)CC1. The minimum atomic E-state index is 0.0607. The third-order valence-corrected chi connectivity index (χ3v) is 6.13. The summed E-state index contributed by atoms with van der Waals surface area (Å²) in [6.45, 7) is 3.29. The fraction of sp³-hybridized carbons (Fsp3) is 0.524. The number of carbonyl (C=O) groups excluding carboxylic acids is 2. The summed E-state index contributed by atoms with van der Waals surface area (Å²) in [5.41, 5.74) is 0.916. The van der Waals surface area contributed by atoms with E-state index in [1.54, 1.807) is 25.1 Å². The fourth-order valence-corrected chi connectivity index (χ4v) is 4.45. The van der Waals surface area contributed by atoms with Gasteiger partial charge in [-0.05, 0) is 30.5 Å². The van der Waals surface area contributed by atoms with Crippen LogP contribution in [0.2, 0.25) is 5.02 Å². The van der Waals surface area contributed by atoms with Gasteiger partial charge in [-0.15, -0.1) is 10.2 Å². The molecular formula is C21H27ClN6O2. The quantitative estimate of drug-likeness (QED) is 0.749. The minimum Gasteiger partial charge on any atom is -0.333 e. The molecule has 2 aliphatic rings. The van der Waals surface area contributed by atoms with Crippen LogP contribution in [0.25, 0.3) is 0 Å². The van der Waals surface area contributed by atoms with Crippen molar-refractivity contribution < 1.29 is 9.59 Å². The Hall–Kier alpha value is -2.61. The van der Waals surface area contributed by atoms with E-state index in [1.807, 2.05) is 28.0 Å². The van der Waals surface area contributed by atoms with E-state index in [2.05, 4.69) is 14.8 Å². The third-order valence-electron chi connectivity index (χ3n) is 5.89. The predicted molar refractivity (Wildman–Crippen MR) is 113 cm³/mol. The van der Waals surface area contributed by atoms with Crippen LogP contribution in [0.4, 0.5) is 4.79 Å². The average Bonchev–Trinajstić information content (AvgIpc) is 3.16. The Morgan fingerprint density at radius 3 is 2.57 bits per heavy atom. The van der Waals surface area contributed by atoms with E-state index >= 15 is 0 Å². The molecule has 0 atom stereocenters. The molecule has 1 fully saturated rings. The maximum absolute atomic E-state index is 12.7. The number of nitrogens with zero attached hydrogens (tertiary/aromatic N) is 6. The van der Waals surface area contributed by atoms with E-state index < -0.39 is 0 Å². The zero-order valence-electron chi connectivity index (χ0n) is 17.4. The summed E-state index contributed by atoms with van der Waals surface area (Å²) in [7, 11) is 3.56. The van der Waals surface area contributed by atoms with Crippen molar-refractivity contribution in [3.05, 3.63) is 46.5 Å². The Bertz CT molecular complexity index is 935. The summed E-state index contributed by atoms with van der Waals surface area (Å²) in [5.74, 6) is 2.20. The number of amides is 3. The Balaban J connectivity index is 1.38. The number of aromatic nitrogens is 3. The topological polar surface area (TPSA) is 74.6 Å². The number of benzene rings is 1. The molecule has 0 N–H and O–H groups in total. The van der Waals surface area contributed by atoms with Gasteiger partial charge in [0.1, 0.15) is 5.82 Å². The first kappa shape index (κ1) is 20.7. The lowest BCUT2D eigenvalue weighted by atomic mass is 9.96. The zero-order chi connectivity index (χ0) is 21.3. The molecule has 0 saturated carbocycles. The number of hydrogen-bond donors (Lipinski definition) is 0. The lowest BCUT2D eigenvalue weighted by Crippen LogP contribution is -2.44. The van der Waals surface area contributed by atoms with Crippen molar-refractivity contribution in [2.45, 2.75) is 38.3 Å². The molecule has 0 spiro atoms. The van der Waals surface area contributed by atoms with Gasteiger partial charge in [0.2, 0.25) is 5.91 Å². The molecule has 4 rings (SSSR count). The Kier molecular flexibility index (Phi) is 5.94. The van der Waals surface area contributed by atoms with Crippen LogP contribution in [-0.4, -0.2) is 75.1 Å². The molecule has 1 aromatic heterocycles. The van der Waals surface area contributed by atoms with Gasteiger partial charge in [-0.1, -0.05) is 23.7 Å². The number of urea groups is 1. The second-order valence-corrected chi connectivity index (χ2v) is 8.62. The van der Waals surface area contributed by atoms with Gasteiger partial charge >= 0.3 is 6.03 Å². The fourth-order valence-electron chi connectivity index (χ4n) is 4.24. The van der Waals surface area contributed by atoms with Gasteiger partial charge in [-0.3, -0.25) is 4.79 Å². The number of likely N-dealkylation sites (tertiary alicyclic amines) is 1. The van der Waals surface area contributed by atoms with E-state index in [9.17, 15) is 9.59 Å². The molecule has 9 heteroatoms. The standard InChI is InChI=1S/C21H27ClN6O2/c1-25(2)21(30)26-8-6-16(7-9-26)20-24-23-18-14-27(10-11-28(18)20)19(29)13-15-4-3-5-17(22)12-15/h3-5,12,16H,6-11,13-14H2,1-2H3. The highest BCUT2D eigenvalue weighted by atomic mass is 35.5. The highest BCUT2D eigenvalue weighted by molar-refractivity contribution is 6.30. The molecular weight excluding hydrogens is 404 g/mol. The molecule has 1 saturated heterocycles. The van der Waals surface area contributed by atoms with Crippen LogP contribution in [-0.2, 0) is 24.3 Å². The van der Waals surface area contributed by atoms with Crippen LogP contribution < -0.4 is 0 Å². The first-order chi connectivity index (χ1) is 14.4. The minimum absolute atomic E-state index is 0.0607. The molecule has 3 amide bonds. The highest BCUT2D eigenvalue weighted by Gasteiger charge is 2.31. The summed E-state index contributed by atoms with van der Waals surface area (Å²) < 4.78 is 2.16. The van der Waals surface area contributed by atoms with Crippen molar-refractivity contribution in [2.75, 3.05) is 33.7 Å². The first-order valence-electron chi connectivity index (χ1n) is 10.3. The molecule has 30 heavy (non-hydrogen) atoms. The van der Waals surface area contributed by atoms with E-state index in [4.69, 9.17) is 11.6 Å². The summed E-state index contributed by atoms with van der Waals surface area (Å²) in [6.07, 6.45) is 2.10. The molecule has 0 radical (unpaired) electrons. The largest absolute Gasteiger partial charge is 0.333 e. The molecule has 0 bridgehead atoms. The van der Waals surface area contributed by atoms with Crippen LogP contribution in [0, 0.1) is 0 Å². The van der Waals surface area contributed by atoms with Gasteiger partial charge in [0.15, 0.2) is 5.82 Å². The Morgan fingerprint density at radius 2 is 1.87 bits per heavy atom. The van der Waals surface area contributed by atoms with Gasteiger partial charge in [-0.2, -0.15) is 0 Å². The smallest absolute Gasteiger partial charge is 0.319 e. The van der Waals surface area contributed by atoms with E-state index in [1.165, 1.54) is 0 Å². The van der Waals surface area contributed by atoms with E-state index in [-0.39, 0.29) is 11.9 Å². The number of fused-ring (bicyclic) bond motifs is 1. The van der Waals surface area contributed by atoms with Gasteiger partial charge in [0.25, 0.3) is 0 Å². The van der Waals surface area contributed by atoms with Gasteiger partial charge < -0.3 is 19.3 Å². The molecule has 2 aromatic rings. The summed E-state index contributed by atoms with van der Waals surface area (Å²) in [5, 5.41) is 9.48. The monoisotopic (exact) mass is 430 g/mol. The van der Waals surface area contributed by atoms with Crippen molar-refractivity contribution in [1.82, 2.24) is 29.5 Å². The Labute approximate surface area is 181 Å². The number of carbonyl (C=O) groups is 2. The van der Waals surface area contributed by atoms with Crippen molar-refractivity contribution in [3.63, 3.8) is 0 Å². The van der Waals surface area contributed by atoms with Crippen LogP contribution >= 0.6 is 11.6 Å². The number of rotatable bonds is 3. The Morgan fingerprint density at radius 1 is 1.10 bits per heavy atom. The van der Waals surface area contributed by atoms with E-state index in [0.717, 1.165) is 43.1 Å². The normalized spacial score (nSPS) is 17.0. The molecule has 0 aliphatic carbocycles. The van der Waals surface area contributed by atoms with Gasteiger partial charge in [-0.25, -0.2) is 4.79 Å². The maximum Gasteiger partial charge on any atom is 0.319 e. The maximum atomic E-state index is 12.7. The summed E-state index contributed by atoms with van der Waals surface area (Å²) in [6, 6.07) is 7.48. The van der Waals surface area contributed by atoms with Gasteiger partial charge in [0, 0.05) is 51.2 Å². The molecule has 1 aromatic carbocycles. The molecule has 8 nitrogen and oxygen atoms in total. The lowest BCUT2D eigenvalue weighted by molar-refractivity contribution is -0.132. The van der Waals surface area contributed by atoms with Crippen molar-refractivity contribution in [2.24, 2.45) is 0 Å². The number of hydrogen-bond acceptors (Lipinski definition) is 4. The van der Waals surface area contributed by atoms with Crippen molar-refractivity contribution in [3.8, 4) is 0 Å². The molecule has 160 valence electrons. The van der Waals surface area contributed by atoms with Crippen LogP contribution in [0.3, 0.4) is 0 Å². The van der Waals surface area contributed by atoms with Crippen LogP contribution in [0.1, 0.15) is 36.0 Å². The second kappa shape index (κ2) is 8.63. The number of halogens is 1. The summed E-state index contributed by atoms with van der Waals surface area (Å²) >= 11 is 6.03. The molecule has 3 heterocycles. The molecule has 2 aliphatic heterocycles. The molecule has 0 unspecified atom stereocenters.